The molecule has 0 fully saturated rings. The number of hydrogen-bond acceptors (Lipinski definition) is 7. The van der Waals surface area contributed by atoms with Crippen molar-refractivity contribution in [3.8, 4) is 5.75 Å². The first-order valence-electron chi connectivity index (χ1n) is 8.94. The lowest BCUT2D eigenvalue weighted by Gasteiger charge is -2.28. The van der Waals surface area contributed by atoms with Crippen molar-refractivity contribution in [1.29, 1.82) is 0 Å². The molecule has 0 aromatic heterocycles. The van der Waals surface area contributed by atoms with Crippen molar-refractivity contribution in [3.05, 3.63) is 67.8 Å². The maximum Gasteiger partial charge on any atom is 0.301 e. The summed E-state index contributed by atoms with van der Waals surface area (Å²) in [5.74, 6) is 0.704. The minimum Gasteiger partial charge on any atom is -0.484 e. The van der Waals surface area contributed by atoms with Crippen LogP contribution in [0.25, 0.3) is 0 Å². The molecule has 0 aliphatic carbocycles. The summed E-state index contributed by atoms with van der Waals surface area (Å²) in [5.41, 5.74) is 3.70. The Hall–Kier alpha value is -3.49. The third kappa shape index (κ3) is 6.00. The van der Waals surface area contributed by atoms with Crippen LogP contribution < -0.4 is 10.2 Å². The molecule has 2 rings (SSSR count). The zero-order chi connectivity index (χ0) is 21.8. The number of nitrogens with one attached hydrogen (secondary N) is 1. The van der Waals surface area contributed by atoms with Crippen molar-refractivity contribution in [1.82, 2.24) is 0 Å². The average molecular weight is 400 g/mol. The first-order chi connectivity index (χ1) is 13.5. The molecule has 0 bridgehead atoms. The number of nitrogens with zero attached hydrogens (tertiary/aromatic N) is 3. The maximum atomic E-state index is 11.2. The lowest BCUT2D eigenvalue weighted by Crippen LogP contribution is -2.34. The zero-order valence-corrected chi connectivity index (χ0v) is 17.0. The number of aryl methyl sites for hydroxylation is 2. The fraction of sp³-hybridized carbons (Fsp3) is 0.350. The maximum absolute atomic E-state index is 11.2. The van der Waals surface area contributed by atoms with E-state index in [0.717, 1.165) is 17.2 Å². The highest BCUT2D eigenvalue weighted by atomic mass is 16.6. The van der Waals surface area contributed by atoms with Gasteiger partial charge in [-0.1, -0.05) is 26.8 Å². The smallest absolute Gasteiger partial charge is 0.301 e. The van der Waals surface area contributed by atoms with Crippen LogP contribution in [-0.4, -0.2) is 22.2 Å². The first kappa shape index (κ1) is 21.8. The van der Waals surface area contributed by atoms with E-state index in [1.165, 1.54) is 18.3 Å². The van der Waals surface area contributed by atoms with Crippen LogP contribution in [0.3, 0.4) is 0 Å². The van der Waals surface area contributed by atoms with Gasteiger partial charge in [0.1, 0.15) is 17.5 Å². The summed E-state index contributed by atoms with van der Waals surface area (Å²) < 4.78 is 6.09. The van der Waals surface area contributed by atoms with Crippen LogP contribution in [0.1, 0.15) is 31.9 Å². The summed E-state index contributed by atoms with van der Waals surface area (Å²) in [5, 5.41) is 26.2. The van der Waals surface area contributed by atoms with E-state index in [1.54, 1.807) is 0 Å². The van der Waals surface area contributed by atoms with Gasteiger partial charge >= 0.3 is 5.69 Å². The molecule has 0 unspecified atom stereocenters. The Labute approximate surface area is 168 Å². The predicted molar refractivity (Wildman–Crippen MR) is 112 cm³/mol. The molecule has 0 saturated carbocycles. The summed E-state index contributed by atoms with van der Waals surface area (Å²) in [4.78, 5) is 20.7. The van der Waals surface area contributed by atoms with Gasteiger partial charge in [0.05, 0.1) is 22.1 Å². The second-order valence-corrected chi connectivity index (χ2v) is 7.83. The minimum atomic E-state index is -0.696. The molecule has 29 heavy (non-hydrogen) atoms. The molecule has 2 aromatic carbocycles. The second-order valence-electron chi connectivity index (χ2n) is 7.83. The fourth-order valence-corrected chi connectivity index (χ4v) is 2.63. The van der Waals surface area contributed by atoms with Gasteiger partial charge in [0, 0.05) is 11.5 Å². The molecule has 9 heteroatoms. The molecule has 0 saturated heterocycles. The normalized spacial score (nSPS) is 12.6. The zero-order valence-electron chi connectivity index (χ0n) is 17.0. The molecule has 1 atom stereocenters. The van der Waals surface area contributed by atoms with Crippen molar-refractivity contribution in [2.75, 3.05) is 5.43 Å². The standard InChI is InChI=1S/C20H24N4O5/c1-13-8-14(2)10-16(9-13)29-19(20(3,4)5)12-21-22-17-7-6-15(23(25)26)11-18(17)24(27)28/h6-12,19,22H,1-5H3/b21-12+/t19-/m1/s1. The lowest BCUT2D eigenvalue weighted by molar-refractivity contribution is -0.393. The Morgan fingerprint density at radius 3 is 2.17 bits per heavy atom. The molecule has 0 aliphatic rings. The van der Waals surface area contributed by atoms with Gasteiger partial charge < -0.3 is 4.74 Å². The van der Waals surface area contributed by atoms with E-state index in [2.05, 4.69) is 10.5 Å². The average Bonchev–Trinajstić information content (AvgIpc) is 2.59. The monoisotopic (exact) mass is 400 g/mol. The summed E-state index contributed by atoms with van der Waals surface area (Å²) in [7, 11) is 0. The van der Waals surface area contributed by atoms with Gasteiger partial charge in [-0.3, -0.25) is 25.7 Å². The summed E-state index contributed by atoms with van der Waals surface area (Å²) in [6.07, 6.45) is 1.11. The van der Waals surface area contributed by atoms with Gasteiger partial charge in [0.25, 0.3) is 5.69 Å². The van der Waals surface area contributed by atoms with Gasteiger partial charge in [-0.2, -0.15) is 5.10 Å². The van der Waals surface area contributed by atoms with Gasteiger partial charge in [0.2, 0.25) is 0 Å². The topological polar surface area (TPSA) is 120 Å². The van der Waals surface area contributed by atoms with Crippen LogP contribution >= 0.6 is 0 Å². The largest absolute Gasteiger partial charge is 0.484 e. The highest BCUT2D eigenvalue weighted by molar-refractivity contribution is 5.70. The molecule has 0 spiro atoms. The second kappa shape index (κ2) is 8.68. The third-order valence-corrected chi connectivity index (χ3v) is 4.10. The minimum absolute atomic E-state index is 0.0518. The first-order valence-corrected chi connectivity index (χ1v) is 8.94. The van der Waals surface area contributed by atoms with Crippen LogP contribution in [0.5, 0.6) is 5.75 Å². The SMILES string of the molecule is Cc1cc(C)cc(O[C@H](/C=N/Nc2ccc([N+](=O)[O-])cc2[N+](=O)[O-])C(C)(C)C)c1. The molecule has 0 amide bonds. The van der Waals surface area contributed by atoms with Crippen LogP contribution in [0, 0.1) is 39.5 Å². The number of nitro benzene ring substituents is 2. The van der Waals surface area contributed by atoms with E-state index in [4.69, 9.17) is 4.74 Å². The van der Waals surface area contributed by atoms with Gasteiger partial charge in [0.15, 0.2) is 0 Å². The Morgan fingerprint density at radius 2 is 1.66 bits per heavy atom. The van der Waals surface area contributed by atoms with Crippen molar-refractivity contribution < 1.29 is 14.6 Å². The molecule has 0 radical (unpaired) electrons. The van der Waals surface area contributed by atoms with E-state index < -0.39 is 21.6 Å². The number of hydrogen-bond donors (Lipinski definition) is 1. The number of non-ortho nitro benzene ring substituents is 1. The lowest BCUT2D eigenvalue weighted by atomic mass is 9.89. The molecule has 154 valence electrons. The number of ether oxygens (including phenoxy) is 1. The Kier molecular flexibility index (Phi) is 6.53. The number of anilines is 1. The quantitative estimate of drug-likeness (QED) is 0.396. The number of benzene rings is 2. The Bertz CT molecular complexity index is 930. The number of nitro groups is 2. The summed E-state index contributed by atoms with van der Waals surface area (Å²) in [6, 6.07) is 9.22. The van der Waals surface area contributed by atoms with Crippen LogP contribution in [0.4, 0.5) is 17.1 Å². The van der Waals surface area contributed by atoms with Gasteiger partial charge in [-0.05, 0) is 43.2 Å². The molecule has 0 aliphatic heterocycles. The highest BCUT2D eigenvalue weighted by Crippen LogP contribution is 2.29. The summed E-state index contributed by atoms with van der Waals surface area (Å²) in [6.45, 7) is 9.92. The third-order valence-electron chi connectivity index (χ3n) is 4.10. The van der Waals surface area contributed by atoms with Crippen LogP contribution in [-0.2, 0) is 0 Å². The van der Waals surface area contributed by atoms with Crippen LogP contribution in [0.2, 0.25) is 0 Å². The van der Waals surface area contributed by atoms with E-state index in [-0.39, 0.29) is 16.8 Å². The number of hydrazone groups is 1. The van der Waals surface area contributed by atoms with Gasteiger partial charge in [-0.25, -0.2) is 0 Å². The summed E-state index contributed by atoms with van der Waals surface area (Å²) >= 11 is 0. The Balaban J connectivity index is 2.24. The molecule has 0 heterocycles. The van der Waals surface area contributed by atoms with Crippen molar-refractivity contribution >= 4 is 23.3 Å². The van der Waals surface area contributed by atoms with Crippen LogP contribution in [0.15, 0.2) is 41.5 Å². The van der Waals surface area contributed by atoms with E-state index in [0.29, 0.717) is 5.75 Å². The fourth-order valence-electron chi connectivity index (χ4n) is 2.63. The van der Waals surface area contributed by atoms with E-state index >= 15 is 0 Å². The molecular weight excluding hydrogens is 376 g/mol. The number of rotatable bonds is 7. The molecule has 9 nitrogen and oxygen atoms in total. The van der Waals surface area contributed by atoms with E-state index in [1.807, 2.05) is 52.8 Å². The Morgan fingerprint density at radius 1 is 1.03 bits per heavy atom. The highest BCUT2D eigenvalue weighted by Gasteiger charge is 2.26. The predicted octanol–water partition coefficient (Wildman–Crippen LogP) is 5.01. The van der Waals surface area contributed by atoms with E-state index in [9.17, 15) is 20.2 Å². The molecule has 2 aromatic rings. The van der Waals surface area contributed by atoms with Gasteiger partial charge in [-0.15, -0.1) is 0 Å². The van der Waals surface area contributed by atoms with Crippen molar-refractivity contribution in [3.63, 3.8) is 0 Å². The van der Waals surface area contributed by atoms with Crippen molar-refractivity contribution in [2.24, 2.45) is 10.5 Å². The van der Waals surface area contributed by atoms with Crippen molar-refractivity contribution in [2.45, 2.75) is 40.7 Å². The molecular formula is C20H24N4O5. The molecule has 1 N–H and O–H groups in total.